The van der Waals surface area contributed by atoms with Crippen LogP contribution in [0.1, 0.15) is 24.3 Å². The van der Waals surface area contributed by atoms with E-state index in [1.807, 2.05) is 0 Å². The van der Waals surface area contributed by atoms with Gasteiger partial charge in [0.05, 0.1) is 17.8 Å². The molecule has 17 heavy (non-hydrogen) atoms. The first-order valence-electron chi connectivity index (χ1n) is 4.98. The summed E-state index contributed by atoms with van der Waals surface area (Å²) in [6.07, 6.45) is 2.63. The fourth-order valence-corrected chi connectivity index (χ4v) is 0.969. The highest BCUT2D eigenvalue weighted by Crippen LogP contribution is 2.12. The standard InChI is InChI=1S/C10H15N5O2/c1-10(2,9(12)17)5-14-8(16)6-3-13-4-7(11)15-6/h3-4H,5H2,1-2H3,(H2,11,15)(H2,12,17)(H,14,16). The Morgan fingerprint density at radius 2 is 2.06 bits per heavy atom. The van der Waals surface area contributed by atoms with Crippen molar-refractivity contribution in [2.45, 2.75) is 13.8 Å². The van der Waals surface area contributed by atoms with Crippen LogP contribution in [-0.2, 0) is 4.79 Å². The molecule has 0 aliphatic heterocycles. The minimum atomic E-state index is -0.816. The number of rotatable bonds is 4. The van der Waals surface area contributed by atoms with E-state index in [9.17, 15) is 9.59 Å². The van der Waals surface area contributed by atoms with Gasteiger partial charge in [-0.1, -0.05) is 0 Å². The van der Waals surface area contributed by atoms with Crippen molar-refractivity contribution in [3.63, 3.8) is 0 Å². The molecule has 0 saturated heterocycles. The number of nitrogens with one attached hydrogen (secondary N) is 1. The number of carbonyl (C=O) groups is 2. The molecule has 0 aliphatic carbocycles. The van der Waals surface area contributed by atoms with Crippen molar-refractivity contribution in [2.24, 2.45) is 11.1 Å². The van der Waals surface area contributed by atoms with E-state index in [-0.39, 0.29) is 18.1 Å². The van der Waals surface area contributed by atoms with E-state index in [1.54, 1.807) is 13.8 Å². The van der Waals surface area contributed by atoms with E-state index < -0.39 is 17.2 Å². The summed E-state index contributed by atoms with van der Waals surface area (Å²) in [5.74, 6) is -0.776. The third-order valence-corrected chi connectivity index (χ3v) is 2.24. The molecular weight excluding hydrogens is 222 g/mol. The molecule has 0 fully saturated rings. The zero-order valence-electron chi connectivity index (χ0n) is 9.73. The second kappa shape index (κ2) is 4.77. The number of primary amides is 1. The molecule has 0 saturated carbocycles. The van der Waals surface area contributed by atoms with Crippen LogP contribution in [0.25, 0.3) is 0 Å². The Kier molecular flexibility index (Phi) is 3.62. The van der Waals surface area contributed by atoms with Crippen LogP contribution in [0.5, 0.6) is 0 Å². The van der Waals surface area contributed by atoms with E-state index in [4.69, 9.17) is 11.5 Å². The van der Waals surface area contributed by atoms with Crippen LogP contribution in [-0.4, -0.2) is 28.3 Å². The van der Waals surface area contributed by atoms with Crippen molar-refractivity contribution in [3.8, 4) is 0 Å². The molecule has 0 spiro atoms. The highest BCUT2D eigenvalue weighted by molar-refractivity contribution is 5.92. The average molecular weight is 237 g/mol. The Hall–Kier alpha value is -2.18. The van der Waals surface area contributed by atoms with Gasteiger partial charge in [-0.25, -0.2) is 4.98 Å². The normalized spacial score (nSPS) is 10.9. The summed E-state index contributed by atoms with van der Waals surface area (Å²) in [4.78, 5) is 30.2. The SMILES string of the molecule is CC(C)(CNC(=O)c1cncc(N)n1)C(N)=O. The second-order valence-corrected chi connectivity index (χ2v) is 4.26. The first-order valence-corrected chi connectivity index (χ1v) is 4.98. The van der Waals surface area contributed by atoms with Gasteiger partial charge in [-0.05, 0) is 13.8 Å². The maximum Gasteiger partial charge on any atom is 0.271 e. The lowest BCUT2D eigenvalue weighted by Crippen LogP contribution is -2.42. The number of carbonyl (C=O) groups excluding carboxylic acids is 2. The zero-order valence-corrected chi connectivity index (χ0v) is 9.73. The monoisotopic (exact) mass is 237 g/mol. The van der Waals surface area contributed by atoms with Crippen LogP contribution >= 0.6 is 0 Å². The summed E-state index contributed by atoms with van der Waals surface area (Å²) in [6.45, 7) is 3.40. The highest BCUT2D eigenvalue weighted by Gasteiger charge is 2.25. The van der Waals surface area contributed by atoms with Crippen molar-refractivity contribution in [1.82, 2.24) is 15.3 Å². The van der Waals surface area contributed by atoms with Crippen molar-refractivity contribution in [3.05, 3.63) is 18.1 Å². The van der Waals surface area contributed by atoms with Crippen molar-refractivity contribution in [2.75, 3.05) is 12.3 Å². The van der Waals surface area contributed by atoms with Gasteiger partial charge in [-0.3, -0.25) is 14.6 Å². The lowest BCUT2D eigenvalue weighted by Gasteiger charge is -2.20. The van der Waals surface area contributed by atoms with Crippen LogP contribution in [0.4, 0.5) is 5.82 Å². The largest absolute Gasteiger partial charge is 0.382 e. The maximum atomic E-state index is 11.6. The first-order chi connectivity index (χ1) is 7.83. The first kappa shape index (κ1) is 12.9. The zero-order chi connectivity index (χ0) is 13.1. The lowest BCUT2D eigenvalue weighted by molar-refractivity contribution is -0.125. The summed E-state index contributed by atoms with van der Waals surface area (Å²) in [5, 5.41) is 2.55. The molecule has 1 rings (SSSR count). The Balaban J connectivity index is 2.65. The van der Waals surface area contributed by atoms with Crippen molar-refractivity contribution >= 4 is 17.6 Å². The third-order valence-electron chi connectivity index (χ3n) is 2.24. The number of hydrogen-bond donors (Lipinski definition) is 3. The number of anilines is 1. The molecule has 0 aromatic carbocycles. The van der Waals surface area contributed by atoms with Gasteiger partial charge in [-0.2, -0.15) is 0 Å². The number of amides is 2. The molecule has 0 aliphatic rings. The van der Waals surface area contributed by atoms with Gasteiger partial charge in [-0.15, -0.1) is 0 Å². The summed E-state index contributed by atoms with van der Waals surface area (Å²) in [7, 11) is 0. The maximum absolute atomic E-state index is 11.6. The summed E-state index contributed by atoms with van der Waals surface area (Å²) >= 11 is 0. The highest BCUT2D eigenvalue weighted by atomic mass is 16.2. The van der Waals surface area contributed by atoms with E-state index in [2.05, 4.69) is 15.3 Å². The molecule has 0 atom stereocenters. The minimum absolute atomic E-state index is 0.102. The number of nitrogen functional groups attached to an aromatic ring is 1. The van der Waals surface area contributed by atoms with Crippen molar-refractivity contribution in [1.29, 1.82) is 0 Å². The molecule has 0 radical (unpaired) electrons. The Morgan fingerprint density at radius 1 is 1.41 bits per heavy atom. The van der Waals surface area contributed by atoms with Gasteiger partial charge >= 0.3 is 0 Å². The summed E-state index contributed by atoms with van der Waals surface area (Å²) in [5.41, 5.74) is 9.87. The van der Waals surface area contributed by atoms with Crippen LogP contribution in [0.2, 0.25) is 0 Å². The molecule has 92 valence electrons. The topological polar surface area (TPSA) is 124 Å². The van der Waals surface area contributed by atoms with E-state index in [0.717, 1.165) is 0 Å². The van der Waals surface area contributed by atoms with Gasteiger partial charge in [0.15, 0.2) is 0 Å². The molecule has 1 aromatic rings. The quantitative estimate of drug-likeness (QED) is 0.638. The Bertz CT molecular complexity index is 444. The second-order valence-electron chi connectivity index (χ2n) is 4.26. The smallest absolute Gasteiger partial charge is 0.271 e. The van der Waals surface area contributed by atoms with Gasteiger partial charge < -0.3 is 16.8 Å². The minimum Gasteiger partial charge on any atom is -0.382 e. The molecular formula is C10H15N5O2. The van der Waals surface area contributed by atoms with Gasteiger partial charge in [0, 0.05) is 6.54 Å². The van der Waals surface area contributed by atoms with E-state index in [1.165, 1.54) is 12.4 Å². The number of hydrogen-bond acceptors (Lipinski definition) is 5. The summed E-state index contributed by atoms with van der Waals surface area (Å²) < 4.78 is 0. The third kappa shape index (κ3) is 3.40. The number of nitrogens with zero attached hydrogens (tertiary/aromatic N) is 2. The van der Waals surface area contributed by atoms with Crippen LogP contribution in [0.15, 0.2) is 12.4 Å². The van der Waals surface area contributed by atoms with E-state index in [0.29, 0.717) is 0 Å². The van der Waals surface area contributed by atoms with E-state index >= 15 is 0 Å². The van der Waals surface area contributed by atoms with Gasteiger partial charge in [0.2, 0.25) is 5.91 Å². The molecule has 2 amide bonds. The average Bonchev–Trinajstić information content (AvgIpc) is 2.25. The van der Waals surface area contributed by atoms with Crippen LogP contribution in [0.3, 0.4) is 0 Å². The molecule has 7 nitrogen and oxygen atoms in total. The Morgan fingerprint density at radius 3 is 2.59 bits per heavy atom. The lowest BCUT2D eigenvalue weighted by atomic mass is 9.93. The van der Waals surface area contributed by atoms with Crippen LogP contribution < -0.4 is 16.8 Å². The molecule has 0 unspecified atom stereocenters. The summed E-state index contributed by atoms with van der Waals surface area (Å²) in [6, 6.07) is 0. The predicted octanol–water partition coefficient (Wildman–Crippen LogP) is -0.700. The van der Waals surface area contributed by atoms with Gasteiger partial charge in [0.25, 0.3) is 5.91 Å². The molecule has 7 heteroatoms. The van der Waals surface area contributed by atoms with Gasteiger partial charge in [0.1, 0.15) is 11.5 Å². The fourth-order valence-electron chi connectivity index (χ4n) is 0.969. The fraction of sp³-hybridized carbons (Fsp3) is 0.400. The molecule has 1 aromatic heterocycles. The Labute approximate surface area is 98.6 Å². The van der Waals surface area contributed by atoms with Crippen molar-refractivity contribution < 1.29 is 9.59 Å². The molecule has 0 bridgehead atoms. The number of nitrogens with two attached hydrogens (primary N) is 2. The molecule has 1 heterocycles. The predicted molar refractivity (Wildman–Crippen MR) is 61.8 cm³/mol. The number of aromatic nitrogens is 2. The molecule has 5 N–H and O–H groups in total. The van der Waals surface area contributed by atoms with Crippen LogP contribution in [0, 0.1) is 5.41 Å².